The van der Waals surface area contributed by atoms with Gasteiger partial charge in [-0.1, -0.05) is 29.8 Å². The second-order valence-electron chi connectivity index (χ2n) is 6.20. The van der Waals surface area contributed by atoms with E-state index in [0.29, 0.717) is 16.5 Å². The third-order valence-electron chi connectivity index (χ3n) is 4.09. The summed E-state index contributed by atoms with van der Waals surface area (Å²) in [6.07, 6.45) is 3.77. The van der Waals surface area contributed by atoms with Gasteiger partial charge in [-0.05, 0) is 30.3 Å². The third kappa shape index (κ3) is 4.47. The van der Waals surface area contributed by atoms with Crippen LogP contribution in [0.1, 0.15) is 15.4 Å². The van der Waals surface area contributed by atoms with Gasteiger partial charge in [-0.3, -0.25) is 9.89 Å². The summed E-state index contributed by atoms with van der Waals surface area (Å²) in [6.45, 7) is 0.653. The highest BCUT2D eigenvalue weighted by Gasteiger charge is 2.16. The Balaban J connectivity index is 1.44. The van der Waals surface area contributed by atoms with Crippen molar-refractivity contribution < 1.29 is 14.1 Å². The number of rotatable bonds is 7. The zero-order valence-corrected chi connectivity index (χ0v) is 16.4. The van der Waals surface area contributed by atoms with E-state index >= 15 is 0 Å². The van der Waals surface area contributed by atoms with E-state index in [1.54, 1.807) is 11.4 Å². The monoisotopic (exact) mass is 410 g/mol. The van der Waals surface area contributed by atoms with Crippen molar-refractivity contribution in [1.82, 2.24) is 10.2 Å². The third-order valence-corrected chi connectivity index (χ3v) is 5.41. The number of ether oxygens (including phenoxy) is 1. The van der Waals surface area contributed by atoms with Crippen LogP contribution < -0.4 is 9.30 Å². The quantitative estimate of drug-likeness (QED) is 0.359. The average molecular weight is 411 g/mol. The lowest BCUT2D eigenvalue weighted by Crippen LogP contribution is -2.37. The molecule has 4 aromatic rings. The van der Waals surface area contributed by atoms with Gasteiger partial charge in [-0.2, -0.15) is 9.67 Å². The van der Waals surface area contributed by atoms with Gasteiger partial charge in [0.1, 0.15) is 12.4 Å². The zero-order valence-electron chi connectivity index (χ0n) is 14.8. The minimum Gasteiger partial charge on any atom is -0.487 e. The Kier molecular flexibility index (Phi) is 5.50. The second-order valence-corrected chi connectivity index (χ2v) is 7.55. The molecule has 1 aromatic carbocycles. The Morgan fingerprint density at radius 2 is 2.04 bits per heavy atom. The number of ketones is 1. The summed E-state index contributed by atoms with van der Waals surface area (Å²) in [7, 11) is 0. The lowest BCUT2D eigenvalue weighted by molar-refractivity contribution is -0.682. The maximum Gasteiger partial charge on any atom is 0.237 e. The topological polar surface area (TPSA) is 58.9 Å². The van der Waals surface area contributed by atoms with E-state index in [-0.39, 0.29) is 12.3 Å². The molecule has 0 aliphatic carbocycles. The number of H-pyrrole nitrogens is 1. The van der Waals surface area contributed by atoms with E-state index in [4.69, 9.17) is 16.3 Å². The first-order valence-corrected chi connectivity index (χ1v) is 9.92. The van der Waals surface area contributed by atoms with Crippen LogP contribution in [0.5, 0.6) is 5.75 Å². The van der Waals surface area contributed by atoms with Crippen LogP contribution in [0.15, 0.2) is 72.4 Å². The molecule has 7 heteroatoms. The minimum atomic E-state index is 0.0260. The van der Waals surface area contributed by atoms with Gasteiger partial charge in [0.25, 0.3) is 0 Å². The molecular formula is C21H17ClN3O2S+. The van der Waals surface area contributed by atoms with Gasteiger partial charge in [0.05, 0.1) is 26.9 Å². The lowest BCUT2D eigenvalue weighted by atomic mass is 10.2. The van der Waals surface area contributed by atoms with Crippen molar-refractivity contribution in [2.75, 3.05) is 0 Å². The molecule has 3 heterocycles. The Hall–Kier alpha value is -2.96. The smallest absolute Gasteiger partial charge is 0.237 e. The number of Topliss-reactive ketones (excluding diaryl/α,β-unsaturated/α-hetero) is 1. The normalized spacial score (nSPS) is 10.8. The number of nitrogens with one attached hydrogen (secondary N) is 1. The fraction of sp³-hybridized carbons (Fsp3) is 0.0952. The van der Waals surface area contributed by atoms with Crippen LogP contribution in [0.4, 0.5) is 0 Å². The minimum absolute atomic E-state index is 0.0260. The van der Waals surface area contributed by atoms with E-state index < -0.39 is 0 Å². The summed E-state index contributed by atoms with van der Waals surface area (Å²) in [5.74, 6) is 0.835. The van der Waals surface area contributed by atoms with Gasteiger partial charge < -0.3 is 4.74 Å². The Morgan fingerprint density at radius 1 is 1.18 bits per heavy atom. The number of para-hydroxylation sites is 1. The molecule has 0 bridgehead atoms. The summed E-state index contributed by atoms with van der Waals surface area (Å²) in [6, 6.07) is 17.1. The molecule has 0 saturated heterocycles. The van der Waals surface area contributed by atoms with Crippen LogP contribution in [-0.2, 0) is 13.2 Å². The maximum absolute atomic E-state index is 12.4. The van der Waals surface area contributed by atoms with Crippen molar-refractivity contribution in [3.05, 3.63) is 88.0 Å². The van der Waals surface area contributed by atoms with Gasteiger partial charge in [-0.25, -0.2) is 0 Å². The summed E-state index contributed by atoms with van der Waals surface area (Å²) >= 11 is 7.27. The fourth-order valence-electron chi connectivity index (χ4n) is 2.74. The first-order chi connectivity index (χ1) is 13.7. The number of carbonyl (C=O) groups is 1. The number of hydrogen-bond acceptors (Lipinski definition) is 4. The van der Waals surface area contributed by atoms with Crippen molar-refractivity contribution in [2.45, 2.75) is 13.2 Å². The molecule has 0 fully saturated rings. The predicted octanol–water partition coefficient (Wildman–Crippen LogP) is 4.54. The van der Waals surface area contributed by atoms with Crippen molar-refractivity contribution in [3.8, 4) is 17.0 Å². The van der Waals surface area contributed by atoms with Gasteiger partial charge in [-0.15, -0.1) is 11.3 Å². The van der Waals surface area contributed by atoms with Crippen LogP contribution in [-0.4, -0.2) is 16.0 Å². The van der Waals surface area contributed by atoms with Crippen molar-refractivity contribution in [2.24, 2.45) is 0 Å². The Bertz CT molecular complexity index is 1090. The van der Waals surface area contributed by atoms with Crippen LogP contribution in [0.3, 0.4) is 0 Å². The van der Waals surface area contributed by atoms with Crippen LogP contribution in [0.25, 0.3) is 11.3 Å². The van der Waals surface area contributed by atoms with E-state index in [9.17, 15) is 4.79 Å². The van der Waals surface area contributed by atoms with Crippen molar-refractivity contribution in [1.29, 1.82) is 0 Å². The van der Waals surface area contributed by atoms with Gasteiger partial charge in [0.15, 0.2) is 12.4 Å². The van der Waals surface area contributed by atoms with E-state index in [1.165, 1.54) is 11.3 Å². The molecule has 0 saturated carbocycles. The molecule has 140 valence electrons. The molecule has 28 heavy (non-hydrogen) atoms. The Labute approximate surface area is 171 Å². The number of pyridine rings is 1. The van der Waals surface area contributed by atoms with Crippen molar-refractivity contribution >= 4 is 28.7 Å². The zero-order chi connectivity index (χ0) is 19.3. The van der Waals surface area contributed by atoms with Gasteiger partial charge in [0.2, 0.25) is 12.3 Å². The molecule has 0 aliphatic rings. The summed E-state index contributed by atoms with van der Waals surface area (Å²) < 4.78 is 7.59. The number of thiophene rings is 1. The second kappa shape index (κ2) is 8.37. The number of halogens is 1. The summed E-state index contributed by atoms with van der Waals surface area (Å²) in [4.78, 5) is 13.0. The first kappa shape index (κ1) is 18.4. The van der Waals surface area contributed by atoms with Crippen LogP contribution >= 0.6 is 22.9 Å². The number of aromatic amines is 1. The highest BCUT2D eigenvalue weighted by Crippen LogP contribution is 2.20. The van der Waals surface area contributed by atoms with Crippen LogP contribution in [0, 0.1) is 0 Å². The molecule has 0 spiro atoms. The van der Waals surface area contributed by atoms with E-state index in [1.807, 2.05) is 65.5 Å². The maximum atomic E-state index is 12.4. The van der Waals surface area contributed by atoms with E-state index in [2.05, 4.69) is 10.2 Å². The number of hydrogen-bond donors (Lipinski definition) is 1. The highest BCUT2D eigenvalue weighted by molar-refractivity contribution is 7.12. The fourth-order valence-corrected chi connectivity index (χ4v) is 3.74. The molecule has 1 N–H and O–H groups in total. The molecule has 0 amide bonds. The molecule has 5 nitrogen and oxygen atoms in total. The largest absolute Gasteiger partial charge is 0.487 e. The number of carbonyl (C=O) groups excluding carboxylic acids is 1. The Morgan fingerprint density at radius 3 is 2.82 bits per heavy atom. The predicted molar refractivity (Wildman–Crippen MR) is 109 cm³/mol. The standard InChI is InChI=1S/C21H17ClN3O2S/c22-16-9-21(28-14-16)20(26)12-25-8-4-5-15(11-25)19-10-17(23-24-19)13-27-18-6-2-1-3-7-18/h1-11,14H,12-13H2,(H,23,24)/q+1. The van der Waals surface area contributed by atoms with Crippen molar-refractivity contribution in [3.63, 3.8) is 0 Å². The number of benzene rings is 1. The SMILES string of the molecule is O=C(C[n+]1cccc(-c2cc(COc3ccccc3)[nH]n2)c1)c1cc(Cl)cs1. The van der Waals surface area contributed by atoms with Gasteiger partial charge in [0, 0.05) is 11.4 Å². The molecule has 0 radical (unpaired) electrons. The molecule has 0 unspecified atom stereocenters. The molecular weight excluding hydrogens is 394 g/mol. The molecule has 3 aromatic heterocycles. The van der Waals surface area contributed by atoms with Crippen LogP contribution in [0.2, 0.25) is 5.02 Å². The first-order valence-electron chi connectivity index (χ1n) is 8.66. The average Bonchev–Trinajstić information content (AvgIpc) is 3.37. The summed E-state index contributed by atoms with van der Waals surface area (Å²) in [5, 5.41) is 9.72. The highest BCUT2D eigenvalue weighted by atomic mass is 35.5. The molecule has 0 aliphatic heterocycles. The lowest BCUT2D eigenvalue weighted by Gasteiger charge is -2.02. The van der Waals surface area contributed by atoms with E-state index in [0.717, 1.165) is 22.7 Å². The van der Waals surface area contributed by atoms with Gasteiger partial charge >= 0.3 is 0 Å². The molecule has 4 rings (SSSR count). The summed E-state index contributed by atoms with van der Waals surface area (Å²) in [5.41, 5.74) is 2.59. The molecule has 0 atom stereocenters. The number of nitrogens with zero attached hydrogens (tertiary/aromatic N) is 2. The number of aromatic nitrogens is 3.